The van der Waals surface area contributed by atoms with E-state index in [-0.39, 0.29) is 6.04 Å². The number of hydrogen-bond acceptors (Lipinski definition) is 2. The van der Waals surface area contributed by atoms with Gasteiger partial charge in [-0.05, 0) is 47.0 Å². The lowest BCUT2D eigenvalue weighted by atomic mass is 10.1. The molecule has 2 N–H and O–H groups in total. The van der Waals surface area contributed by atoms with Crippen LogP contribution in [0.3, 0.4) is 0 Å². The van der Waals surface area contributed by atoms with Crippen molar-refractivity contribution in [2.75, 3.05) is 18.0 Å². The monoisotopic (exact) mass is 338 g/mol. The van der Waals surface area contributed by atoms with Gasteiger partial charge in [0.25, 0.3) is 0 Å². The number of rotatable bonds is 5. The van der Waals surface area contributed by atoms with Crippen molar-refractivity contribution in [2.45, 2.75) is 32.5 Å². The molecule has 0 amide bonds. The fourth-order valence-corrected chi connectivity index (χ4v) is 2.48. The highest BCUT2D eigenvalue weighted by molar-refractivity contribution is 9.10. The average molecular weight is 339 g/mol. The normalized spacial score (nSPS) is 13.4. The van der Waals surface area contributed by atoms with Crippen molar-refractivity contribution in [1.82, 2.24) is 0 Å². The minimum atomic E-state index is -4.21. The van der Waals surface area contributed by atoms with E-state index < -0.39 is 12.7 Å². The third-order valence-electron chi connectivity index (χ3n) is 2.70. The molecular weight excluding hydrogens is 321 g/mol. The summed E-state index contributed by atoms with van der Waals surface area (Å²) in [5, 5.41) is 0. The van der Waals surface area contributed by atoms with E-state index in [2.05, 4.69) is 15.9 Å². The van der Waals surface area contributed by atoms with Crippen LogP contribution in [0.2, 0.25) is 0 Å². The van der Waals surface area contributed by atoms with Gasteiger partial charge in [-0.1, -0.05) is 13.0 Å². The molecule has 1 rings (SSSR count). The first-order valence-corrected chi connectivity index (χ1v) is 6.90. The summed E-state index contributed by atoms with van der Waals surface area (Å²) in [4.78, 5) is 1.33. The van der Waals surface area contributed by atoms with Gasteiger partial charge in [0.2, 0.25) is 0 Å². The van der Waals surface area contributed by atoms with Gasteiger partial charge >= 0.3 is 6.18 Å². The molecule has 0 aliphatic heterocycles. The number of anilines is 1. The molecule has 1 aromatic rings. The van der Waals surface area contributed by atoms with E-state index >= 15 is 0 Å². The quantitative estimate of drug-likeness (QED) is 0.869. The van der Waals surface area contributed by atoms with E-state index in [1.165, 1.54) is 4.90 Å². The molecule has 6 heteroatoms. The van der Waals surface area contributed by atoms with Gasteiger partial charge in [0.1, 0.15) is 6.54 Å². The Morgan fingerprint density at radius 1 is 1.37 bits per heavy atom. The summed E-state index contributed by atoms with van der Waals surface area (Å²) >= 11 is 3.33. The number of nitrogens with two attached hydrogens (primary N) is 1. The smallest absolute Gasteiger partial charge is 0.362 e. The van der Waals surface area contributed by atoms with Gasteiger partial charge in [-0.15, -0.1) is 0 Å². The molecule has 2 nitrogen and oxygen atoms in total. The van der Waals surface area contributed by atoms with E-state index in [4.69, 9.17) is 5.73 Å². The van der Waals surface area contributed by atoms with Gasteiger partial charge in [-0.2, -0.15) is 13.2 Å². The van der Waals surface area contributed by atoms with E-state index in [0.717, 1.165) is 5.56 Å². The molecule has 1 aromatic carbocycles. The second-order valence-corrected chi connectivity index (χ2v) is 5.39. The van der Waals surface area contributed by atoms with Crippen molar-refractivity contribution in [3.8, 4) is 0 Å². The predicted molar refractivity (Wildman–Crippen MR) is 75.3 cm³/mol. The Balaban J connectivity index is 3.02. The zero-order valence-electron chi connectivity index (χ0n) is 11.0. The largest absolute Gasteiger partial charge is 0.405 e. The van der Waals surface area contributed by atoms with E-state index in [1.54, 1.807) is 18.2 Å². The molecule has 1 atom stereocenters. The maximum atomic E-state index is 12.6. The molecule has 0 saturated heterocycles. The summed E-state index contributed by atoms with van der Waals surface area (Å²) in [6.07, 6.45) is -3.56. The topological polar surface area (TPSA) is 29.3 Å². The van der Waals surface area contributed by atoms with Crippen molar-refractivity contribution < 1.29 is 13.2 Å². The molecule has 108 valence electrons. The molecule has 0 bridgehead atoms. The first-order chi connectivity index (χ1) is 8.74. The number of halogens is 4. The Hall–Kier alpha value is -0.750. The van der Waals surface area contributed by atoms with Crippen molar-refractivity contribution in [1.29, 1.82) is 0 Å². The van der Waals surface area contributed by atoms with Crippen LogP contribution in [0.4, 0.5) is 18.9 Å². The maximum Gasteiger partial charge on any atom is 0.405 e. The zero-order valence-corrected chi connectivity index (χ0v) is 12.6. The Morgan fingerprint density at radius 3 is 2.42 bits per heavy atom. The van der Waals surface area contributed by atoms with E-state index in [9.17, 15) is 13.2 Å². The molecule has 0 aromatic heterocycles. The Morgan fingerprint density at radius 2 is 2.00 bits per heavy atom. The van der Waals surface area contributed by atoms with Crippen LogP contribution in [0.25, 0.3) is 0 Å². The first-order valence-electron chi connectivity index (χ1n) is 6.11. The molecule has 0 aliphatic rings. The van der Waals surface area contributed by atoms with Crippen molar-refractivity contribution >= 4 is 21.6 Å². The zero-order chi connectivity index (χ0) is 14.6. The summed E-state index contributed by atoms with van der Waals surface area (Å²) in [5.41, 5.74) is 7.19. The molecule has 0 radical (unpaired) electrons. The minimum absolute atomic E-state index is 0.146. The summed E-state index contributed by atoms with van der Waals surface area (Å²) in [5.74, 6) is 0. The summed E-state index contributed by atoms with van der Waals surface area (Å²) in [6.45, 7) is 3.10. The van der Waals surface area contributed by atoms with Crippen LogP contribution in [-0.4, -0.2) is 19.3 Å². The maximum absolute atomic E-state index is 12.6. The summed E-state index contributed by atoms with van der Waals surface area (Å²) in [6, 6.07) is 5.08. The summed E-state index contributed by atoms with van der Waals surface area (Å²) < 4.78 is 38.4. The van der Waals surface area contributed by atoms with Gasteiger partial charge in [-0.3, -0.25) is 0 Å². The molecule has 19 heavy (non-hydrogen) atoms. The van der Waals surface area contributed by atoms with Crippen LogP contribution in [0, 0.1) is 0 Å². The van der Waals surface area contributed by atoms with Crippen LogP contribution in [0.15, 0.2) is 22.7 Å². The fourth-order valence-electron chi connectivity index (χ4n) is 1.83. The Bertz CT molecular complexity index is 419. The van der Waals surface area contributed by atoms with Gasteiger partial charge in [0, 0.05) is 17.1 Å². The van der Waals surface area contributed by atoms with Gasteiger partial charge in [0.05, 0.1) is 5.69 Å². The lowest BCUT2D eigenvalue weighted by Gasteiger charge is -2.27. The highest BCUT2D eigenvalue weighted by atomic mass is 79.9. The number of hydrogen-bond donors (Lipinski definition) is 1. The van der Waals surface area contributed by atoms with Crippen LogP contribution in [0.1, 0.15) is 31.9 Å². The lowest BCUT2D eigenvalue weighted by Crippen LogP contribution is -2.35. The van der Waals surface area contributed by atoms with Crippen LogP contribution in [0.5, 0.6) is 0 Å². The highest BCUT2D eigenvalue weighted by Gasteiger charge is 2.31. The molecule has 0 heterocycles. The number of benzene rings is 1. The van der Waals surface area contributed by atoms with Crippen molar-refractivity contribution in [3.63, 3.8) is 0 Å². The van der Waals surface area contributed by atoms with E-state index in [1.807, 2.05) is 13.8 Å². The third-order valence-corrected chi connectivity index (χ3v) is 3.34. The minimum Gasteiger partial charge on any atom is -0.362 e. The van der Waals surface area contributed by atoms with Crippen LogP contribution < -0.4 is 10.6 Å². The second kappa shape index (κ2) is 6.61. The Labute approximate surface area is 119 Å². The average Bonchev–Trinajstić information content (AvgIpc) is 2.26. The van der Waals surface area contributed by atoms with Crippen molar-refractivity contribution in [2.24, 2.45) is 5.73 Å². The predicted octanol–water partition coefficient (Wildman–Crippen LogP) is 4.25. The van der Waals surface area contributed by atoms with Crippen LogP contribution >= 0.6 is 15.9 Å². The molecule has 0 fully saturated rings. The van der Waals surface area contributed by atoms with Gasteiger partial charge < -0.3 is 10.6 Å². The second-order valence-electron chi connectivity index (χ2n) is 4.54. The first kappa shape index (κ1) is 16.3. The molecule has 0 saturated carbocycles. The third kappa shape index (κ3) is 5.03. The molecule has 1 unspecified atom stereocenters. The summed E-state index contributed by atoms with van der Waals surface area (Å²) in [7, 11) is 0. The Kier molecular flexibility index (Phi) is 5.67. The molecule has 0 aliphatic carbocycles. The highest BCUT2D eigenvalue weighted by Crippen LogP contribution is 2.31. The SMILES string of the molecule is CCCN(CC(F)(F)F)c1ccc(C(C)N)cc1Br. The van der Waals surface area contributed by atoms with Crippen molar-refractivity contribution in [3.05, 3.63) is 28.2 Å². The standard InChI is InChI=1S/C13H18BrF3N2/c1-3-6-19(8-13(15,16)17)12-5-4-10(9(2)18)7-11(12)14/h4-5,7,9H,3,6,8,18H2,1-2H3. The fraction of sp³-hybridized carbons (Fsp3) is 0.538. The molecule has 0 spiro atoms. The van der Waals surface area contributed by atoms with Crippen LogP contribution in [-0.2, 0) is 0 Å². The molecular formula is C13H18BrF3N2. The lowest BCUT2D eigenvalue weighted by molar-refractivity contribution is -0.119. The van der Waals surface area contributed by atoms with E-state index in [0.29, 0.717) is 23.1 Å². The van der Waals surface area contributed by atoms with Gasteiger partial charge in [-0.25, -0.2) is 0 Å². The number of alkyl halides is 3. The van der Waals surface area contributed by atoms with Gasteiger partial charge in [0.15, 0.2) is 0 Å². The number of nitrogens with zero attached hydrogens (tertiary/aromatic N) is 1.